The van der Waals surface area contributed by atoms with E-state index in [1.54, 1.807) is 6.34 Å². The molecule has 0 bridgehead atoms. The Balaban J connectivity index is 3.33. The van der Waals surface area contributed by atoms with Gasteiger partial charge in [0, 0.05) is 20.1 Å². The van der Waals surface area contributed by atoms with E-state index in [-0.39, 0.29) is 0 Å². The normalized spacial score (nSPS) is 13.6. The van der Waals surface area contributed by atoms with Gasteiger partial charge in [0.25, 0.3) is 0 Å². The monoisotopic (exact) mass is 143 g/mol. The van der Waals surface area contributed by atoms with Crippen LogP contribution in [0.2, 0.25) is 0 Å². The zero-order valence-corrected chi connectivity index (χ0v) is 7.26. The van der Waals surface area contributed by atoms with Crippen LogP contribution in [0.3, 0.4) is 0 Å². The van der Waals surface area contributed by atoms with E-state index in [0.29, 0.717) is 6.04 Å². The number of rotatable bonds is 4. The Bertz CT molecular complexity index is 99.0. The SMILES string of the molecule is CCC(C)NN=CN(C)C. The Labute approximate surface area is 63.1 Å². The highest BCUT2D eigenvalue weighted by molar-refractivity contribution is 5.53. The predicted octanol–water partition coefficient (Wildman–Crippen LogP) is 0.879. The summed E-state index contributed by atoms with van der Waals surface area (Å²) in [6.07, 6.45) is 2.86. The fraction of sp³-hybridized carbons (Fsp3) is 0.857. The average molecular weight is 143 g/mol. The molecule has 0 aromatic carbocycles. The van der Waals surface area contributed by atoms with Gasteiger partial charge in [0.1, 0.15) is 6.34 Å². The second-order valence-corrected chi connectivity index (χ2v) is 2.65. The van der Waals surface area contributed by atoms with Gasteiger partial charge in [-0.05, 0) is 13.3 Å². The third kappa shape index (κ3) is 5.41. The van der Waals surface area contributed by atoms with Gasteiger partial charge in [0.15, 0.2) is 0 Å². The second kappa shape index (κ2) is 5.09. The van der Waals surface area contributed by atoms with Crippen LogP contribution in [-0.2, 0) is 0 Å². The summed E-state index contributed by atoms with van der Waals surface area (Å²) in [6, 6.07) is 0.469. The summed E-state index contributed by atoms with van der Waals surface area (Å²) in [7, 11) is 3.89. The van der Waals surface area contributed by atoms with Gasteiger partial charge >= 0.3 is 0 Å². The standard InChI is InChI=1S/C7H17N3/c1-5-7(2)9-8-6-10(3)4/h6-7,9H,5H2,1-4H3. The minimum atomic E-state index is 0.469. The Morgan fingerprint density at radius 1 is 1.60 bits per heavy atom. The molecule has 0 spiro atoms. The van der Waals surface area contributed by atoms with Gasteiger partial charge < -0.3 is 10.3 Å². The van der Waals surface area contributed by atoms with E-state index in [2.05, 4.69) is 24.4 Å². The summed E-state index contributed by atoms with van der Waals surface area (Å²) >= 11 is 0. The highest BCUT2D eigenvalue weighted by Gasteiger charge is 1.90. The van der Waals surface area contributed by atoms with Crippen molar-refractivity contribution in [1.82, 2.24) is 10.3 Å². The van der Waals surface area contributed by atoms with Gasteiger partial charge in [-0.15, -0.1) is 0 Å². The number of hydrogen-bond donors (Lipinski definition) is 1. The van der Waals surface area contributed by atoms with Crippen LogP contribution in [-0.4, -0.2) is 31.4 Å². The van der Waals surface area contributed by atoms with E-state index in [1.807, 2.05) is 19.0 Å². The molecule has 0 aliphatic rings. The lowest BCUT2D eigenvalue weighted by atomic mass is 10.3. The first kappa shape index (κ1) is 9.27. The molecule has 1 atom stereocenters. The van der Waals surface area contributed by atoms with Gasteiger partial charge in [-0.2, -0.15) is 5.10 Å². The van der Waals surface area contributed by atoms with Gasteiger partial charge in [-0.25, -0.2) is 0 Å². The molecule has 0 rings (SSSR count). The molecule has 0 saturated heterocycles. The van der Waals surface area contributed by atoms with Crippen molar-refractivity contribution in [2.75, 3.05) is 14.1 Å². The summed E-state index contributed by atoms with van der Waals surface area (Å²) in [5.74, 6) is 0. The van der Waals surface area contributed by atoms with Crippen molar-refractivity contribution in [1.29, 1.82) is 0 Å². The maximum Gasteiger partial charge on any atom is 0.110 e. The Morgan fingerprint density at radius 2 is 2.20 bits per heavy atom. The van der Waals surface area contributed by atoms with Gasteiger partial charge in [0.2, 0.25) is 0 Å². The lowest BCUT2D eigenvalue weighted by Crippen LogP contribution is -2.21. The number of hydrogen-bond acceptors (Lipinski definition) is 2. The van der Waals surface area contributed by atoms with Gasteiger partial charge in [-0.3, -0.25) is 0 Å². The van der Waals surface area contributed by atoms with Crippen molar-refractivity contribution in [2.24, 2.45) is 5.10 Å². The fourth-order valence-corrected chi connectivity index (χ4v) is 0.367. The van der Waals surface area contributed by atoms with E-state index in [0.717, 1.165) is 6.42 Å². The summed E-state index contributed by atoms with van der Waals surface area (Å²) in [4.78, 5) is 1.90. The maximum atomic E-state index is 3.99. The van der Waals surface area contributed by atoms with Crippen LogP contribution in [0.1, 0.15) is 20.3 Å². The summed E-state index contributed by atoms with van der Waals surface area (Å²) in [5, 5.41) is 3.99. The molecule has 1 unspecified atom stereocenters. The van der Waals surface area contributed by atoms with E-state index in [9.17, 15) is 0 Å². The van der Waals surface area contributed by atoms with Crippen LogP contribution in [0.4, 0.5) is 0 Å². The van der Waals surface area contributed by atoms with Crippen LogP contribution in [0, 0.1) is 0 Å². The Kier molecular flexibility index (Phi) is 4.72. The van der Waals surface area contributed by atoms with Crippen molar-refractivity contribution >= 4 is 6.34 Å². The molecule has 0 amide bonds. The molecule has 60 valence electrons. The lowest BCUT2D eigenvalue weighted by Gasteiger charge is -2.08. The van der Waals surface area contributed by atoms with Crippen LogP contribution < -0.4 is 5.43 Å². The zero-order valence-electron chi connectivity index (χ0n) is 7.26. The van der Waals surface area contributed by atoms with Crippen LogP contribution >= 0.6 is 0 Å². The van der Waals surface area contributed by atoms with E-state index < -0.39 is 0 Å². The maximum absolute atomic E-state index is 3.99. The van der Waals surface area contributed by atoms with Crippen molar-refractivity contribution in [3.8, 4) is 0 Å². The molecule has 0 aromatic heterocycles. The fourth-order valence-electron chi connectivity index (χ4n) is 0.367. The van der Waals surface area contributed by atoms with E-state index in [1.165, 1.54) is 0 Å². The zero-order chi connectivity index (χ0) is 7.98. The summed E-state index contributed by atoms with van der Waals surface area (Å²) in [6.45, 7) is 4.23. The van der Waals surface area contributed by atoms with Crippen LogP contribution in [0.25, 0.3) is 0 Å². The molecule has 0 heterocycles. The topological polar surface area (TPSA) is 27.6 Å². The highest BCUT2D eigenvalue weighted by atomic mass is 15.3. The molecule has 10 heavy (non-hydrogen) atoms. The molecule has 3 nitrogen and oxygen atoms in total. The third-order valence-corrected chi connectivity index (χ3v) is 1.20. The van der Waals surface area contributed by atoms with Crippen molar-refractivity contribution in [3.05, 3.63) is 0 Å². The van der Waals surface area contributed by atoms with E-state index in [4.69, 9.17) is 0 Å². The molecular formula is C7H17N3. The predicted molar refractivity (Wildman–Crippen MR) is 45.1 cm³/mol. The first-order valence-electron chi connectivity index (χ1n) is 3.62. The smallest absolute Gasteiger partial charge is 0.110 e. The van der Waals surface area contributed by atoms with Crippen LogP contribution in [0.15, 0.2) is 5.10 Å². The minimum absolute atomic E-state index is 0.469. The molecule has 0 aliphatic carbocycles. The largest absolute Gasteiger partial charge is 0.367 e. The molecule has 0 aromatic rings. The van der Waals surface area contributed by atoms with Crippen molar-refractivity contribution in [2.45, 2.75) is 26.3 Å². The first-order chi connectivity index (χ1) is 4.66. The Hall–Kier alpha value is -0.730. The number of nitrogens with zero attached hydrogens (tertiary/aromatic N) is 2. The first-order valence-corrected chi connectivity index (χ1v) is 3.62. The van der Waals surface area contributed by atoms with Gasteiger partial charge in [0.05, 0.1) is 0 Å². The quantitative estimate of drug-likeness (QED) is 0.359. The van der Waals surface area contributed by atoms with Crippen molar-refractivity contribution in [3.63, 3.8) is 0 Å². The molecule has 3 heteroatoms. The van der Waals surface area contributed by atoms with Gasteiger partial charge in [-0.1, -0.05) is 6.92 Å². The van der Waals surface area contributed by atoms with Crippen molar-refractivity contribution < 1.29 is 0 Å². The molecule has 0 aliphatic heterocycles. The molecule has 0 radical (unpaired) electrons. The highest BCUT2D eigenvalue weighted by Crippen LogP contribution is 1.85. The number of hydrazone groups is 1. The molecule has 1 N–H and O–H groups in total. The third-order valence-electron chi connectivity index (χ3n) is 1.20. The van der Waals surface area contributed by atoms with E-state index >= 15 is 0 Å². The average Bonchev–Trinajstić information content (AvgIpc) is 1.87. The summed E-state index contributed by atoms with van der Waals surface area (Å²) in [5.41, 5.74) is 2.99. The summed E-state index contributed by atoms with van der Waals surface area (Å²) < 4.78 is 0. The Morgan fingerprint density at radius 3 is 2.60 bits per heavy atom. The van der Waals surface area contributed by atoms with Crippen LogP contribution in [0.5, 0.6) is 0 Å². The second-order valence-electron chi connectivity index (χ2n) is 2.65. The molecular weight excluding hydrogens is 126 g/mol. The lowest BCUT2D eigenvalue weighted by molar-refractivity contribution is 0.544. The number of nitrogens with one attached hydrogen (secondary N) is 1. The molecule has 0 fully saturated rings. The molecule has 0 saturated carbocycles. The minimum Gasteiger partial charge on any atom is -0.367 e.